The summed E-state index contributed by atoms with van der Waals surface area (Å²) in [5.74, 6) is 0.962. The van der Waals surface area contributed by atoms with Crippen LogP contribution in [0, 0.1) is 5.92 Å². The first-order valence-corrected chi connectivity index (χ1v) is 5.98. The first kappa shape index (κ1) is 11.0. The van der Waals surface area contributed by atoms with Gasteiger partial charge in [-0.25, -0.2) is 0 Å². The summed E-state index contributed by atoms with van der Waals surface area (Å²) in [6, 6.07) is 0. The molecule has 1 nitrogen and oxygen atoms in total. The molecule has 2 atom stereocenters. The molecular weight excluding hydrogens is 160 g/mol. The zero-order chi connectivity index (χ0) is 9.52. The Morgan fingerprint density at radius 3 is 2.54 bits per heavy atom. The van der Waals surface area contributed by atoms with Crippen LogP contribution in [-0.4, -0.2) is 12.7 Å². The molecule has 0 aromatic heterocycles. The van der Waals surface area contributed by atoms with Crippen molar-refractivity contribution in [3.05, 3.63) is 0 Å². The topological polar surface area (TPSA) is 9.23 Å². The molecule has 0 N–H and O–H groups in total. The standard InChI is InChI=1S/C12H24O/c1-3-5-6-11(4-2)7-8-12-9-10-13-12/h11-12H,3-10H2,1-2H3. The van der Waals surface area contributed by atoms with E-state index >= 15 is 0 Å². The molecule has 1 saturated heterocycles. The average Bonchev–Trinajstić information content (AvgIpc) is 2.08. The lowest BCUT2D eigenvalue weighted by atomic mass is 9.92. The van der Waals surface area contributed by atoms with E-state index < -0.39 is 0 Å². The summed E-state index contributed by atoms with van der Waals surface area (Å²) in [6.07, 6.45) is 10.2. The van der Waals surface area contributed by atoms with Crippen molar-refractivity contribution in [2.24, 2.45) is 5.92 Å². The lowest BCUT2D eigenvalue weighted by molar-refractivity contribution is -0.0575. The molecular formula is C12H24O. The Balaban J connectivity index is 2.00. The molecule has 1 aliphatic rings. The first-order valence-electron chi connectivity index (χ1n) is 5.98. The summed E-state index contributed by atoms with van der Waals surface area (Å²) >= 11 is 0. The van der Waals surface area contributed by atoms with Gasteiger partial charge < -0.3 is 4.74 Å². The van der Waals surface area contributed by atoms with Gasteiger partial charge in [0, 0.05) is 6.61 Å². The Labute approximate surface area is 82.9 Å². The number of ether oxygens (including phenoxy) is 1. The highest BCUT2D eigenvalue weighted by Gasteiger charge is 2.18. The normalized spacial score (nSPS) is 24.0. The molecule has 0 aromatic carbocycles. The van der Waals surface area contributed by atoms with Gasteiger partial charge in [0.1, 0.15) is 0 Å². The van der Waals surface area contributed by atoms with E-state index in [1.807, 2.05) is 0 Å². The molecule has 13 heavy (non-hydrogen) atoms. The summed E-state index contributed by atoms with van der Waals surface area (Å²) in [6.45, 7) is 5.61. The van der Waals surface area contributed by atoms with Crippen LogP contribution in [0.2, 0.25) is 0 Å². The fourth-order valence-corrected chi connectivity index (χ4v) is 1.98. The Morgan fingerprint density at radius 2 is 2.08 bits per heavy atom. The van der Waals surface area contributed by atoms with Crippen LogP contribution in [0.4, 0.5) is 0 Å². The Bertz CT molecular complexity index is 118. The molecule has 0 radical (unpaired) electrons. The van der Waals surface area contributed by atoms with Crippen molar-refractivity contribution >= 4 is 0 Å². The predicted octanol–water partition coefficient (Wildman–Crippen LogP) is 3.77. The highest BCUT2D eigenvalue weighted by Crippen LogP contribution is 2.24. The van der Waals surface area contributed by atoms with Gasteiger partial charge in [-0.15, -0.1) is 0 Å². The molecule has 1 heterocycles. The quantitative estimate of drug-likeness (QED) is 0.585. The number of rotatable bonds is 7. The summed E-state index contributed by atoms with van der Waals surface area (Å²) in [4.78, 5) is 0. The molecule has 0 spiro atoms. The molecule has 1 heteroatoms. The van der Waals surface area contributed by atoms with E-state index in [1.54, 1.807) is 0 Å². The van der Waals surface area contributed by atoms with E-state index in [1.165, 1.54) is 44.9 Å². The van der Waals surface area contributed by atoms with Gasteiger partial charge in [0.25, 0.3) is 0 Å². The van der Waals surface area contributed by atoms with Gasteiger partial charge in [0.2, 0.25) is 0 Å². The maximum absolute atomic E-state index is 5.43. The van der Waals surface area contributed by atoms with Crippen LogP contribution in [0.1, 0.15) is 58.8 Å². The van der Waals surface area contributed by atoms with E-state index in [2.05, 4.69) is 13.8 Å². The highest BCUT2D eigenvalue weighted by molar-refractivity contribution is 4.68. The van der Waals surface area contributed by atoms with Crippen molar-refractivity contribution in [2.45, 2.75) is 64.9 Å². The minimum atomic E-state index is 0.621. The fourth-order valence-electron chi connectivity index (χ4n) is 1.98. The third kappa shape index (κ3) is 4.12. The van der Waals surface area contributed by atoms with Crippen LogP contribution < -0.4 is 0 Å². The van der Waals surface area contributed by atoms with Gasteiger partial charge in [-0.2, -0.15) is 0 Å². The van der Waals surface area contributed by atoms with E-state index in [0.717, 1.165) is 12.5 Å². The molecule has 0 saturated carbocycles. The van der Waals surface area contributed by atoms with Crippen LogP contribution in [0.25, 0.3) is 0 Å². The Hall–Kier alpha value is -0.0400. The molecule has 1 fully saturated rings. The van der Waals surface area contributed by atoms with E-state index in [0.29, 0.717) is 6.10 Å². The second-order valence-corrected chi connectivity index (χ2v) is 4.28. The van der Waals surface area contributed by atoms with Crippen molar-refractivity contribution in [1.29, 1.82) is 0 Å². The molecule has 2 unspecified atom stereocenters. The van der Waals surface area contributed by atoms with Gasteiger partial charge in [-0.3, -0.25) is 0 Å². The van der Waals surface area contributed by atoms with Crippen molar-refractivity contribution in [2.75, 3.05) is 6.61 Å². The van der Waals surface area contributed by atoms with E-state index in [-0.39, 0.29) is 0 Å². The van der Waals surface area contributed by atoms with Gasteiger partial charge in [-0.05, 0) is 25.2 Å². The van der Waals surface area contributed by atoms with Crippen LogP contribution in [0.3, 0.4) is 0 Å². The van der Waals surface area contributed by atoms with Crippen LogP contribution in [-0.2, 0) is 4.74 Å². The second kappa shape index (κ2) is 6.42. The average molecular weight is 184 g/mol. The van der Waals surface area contributed by atoms with Crippen LogP contribution in [0.15, 0.2) is 0 Å². The van der Waals surface area contributed by atoms with Crippen molar-refractivity contribution in [3.63, 3.8) is 0 Å². The maximum Gasteiger partial charge on any atom is 0.0597 e. The molecule has 1 aliphatic heterocycles. The number of hydrogen-bond donors (Lipinski definition) is 0. The van der Waals surface area contributed by atoms with Gasteiger partial charge >= 0.3 is 0 Å². The molecule has 78 valence electrons. The molecule has 0 bridgehead atoms. The lowest BCUT2D eigenvalue weighted by Crippen LogP contribution is -2.27. The summed E-state index contributed by atoms with van der Waals surface area (Å²) < 4.78 is 5.43. The molecule has 0 aliphatic carbocycles. The number of unbranched alkanes of at least 4 members (excludes halogenated alkanes) is 1. The Morgan fingerprint density at radius 1 is 1.31 bits per heavy atom. The third-order valence-electron chi connectivity index (χ3n) is 3.23. The summed E-state index contributed by atoms with van der Waals surface area (Å²) in [7, 11) is 0. The Kier molecular flexibility index (Phi) is 5.45. The minimum Gasteiger partial charge on any atom is -0.378 e. The largest absolute Gasteiger partial charge is 0.378 e. The van der Waals surface area contributed by atoms with Gasteiger partial charge in [0.15, 0.2) is 0 Å². The number of hydrogen-bond acceptors (Lipinski definition) is 1. The lowest BCUT2D eigenvalue weighted by Gasteiger charge is -2.27. The maximum atomic E-state index is 5.43. The van der Waals surface area contributed by atoms with E-state index in [4.69, 9.17) is 4.74 Å². The van der Waals surface area contributed by atoms with Crippen LogP contribution in [0.5, 0.6) is 0 Å². The SMILES string of the molecule is CCCCC(CC)CCC1CCO1. The fraction of sp³-hybridized carbons (Fsp3) is 1.00. The zero-order valence-electron chi connectivity index (χ0n) is 9.22. The van der Waals surface area contributed by atoms with Crippen molar-refractivity contribution < 1.29 is 4.74 Å². The first-order chi connectivity index (χ1) is 6.36. The van der Waals surface area contributed by atoms with Crippen molar-refractivity contribution in [3.8, 4) is 0 Å². The molecule has 1 rings (SSSR count). The summed E-state index contributed by atoms with van der Waals surface area (Å²) in [5.41, 5.74) is 0. The van der Waals surface area contributed by atoms with Gasteiger partial charge in [-0.1, -0.05) is 39.5 Å². The van der Waals surface area contributed by atoms with Crippen LogP contribution >= 0.6 is 0 Å². The zero-order valence-corrected chi connectivity index (χ0v) is 9.22. The highest BCUT2D eigenvalue weighted by atomic mass is 16.5. The minimum absolute atomic E-state index is 0.621. The predicted molar refractivity (Wildman–Crippen MR) is 56.9 cm³/mol. The smallest absolute Gasteiger partial charge is 0.0597 e. The van der Waals surface area contributed by atoms with Crippen molar-refractivity contribution in [1.82, 2.24) is 0 Å². The monoisotopic (exact) mass is 184 g/mol. The van der Waals surface area contributed by atoms with E-state index in [9.17, 15) is 0 Å². The molecule has 0 aromatic rings. The summed E-state index contributed by atoms with van der Waals surface area (Å²) in [5, 5.41) is 0. The molecule has 0 amide bonds. The third-order valence-corrected chi connectivity index (χ3v) is 3.23. The second-order valence-electron chi connectivity index (χ2n) is 4.28. The van der Waals surface area contributed by atoms with Gasteiger partial charge in [0.05, 0.1) is 6.10 Å².